The molecule has 0 saturated carbocycles. The number of amides is 1. The van der Waals surface area contributed by atoms with Crippen molar-refractivity contribution in [1.29, 1.82) is 0 Å². The second-order valence-electron chi connectivity index (χ2n) is 5.64. The zero-order chi connectivity index (χ0) is 18.8. The number of hydrogen-bond acceptors (Lipinski definition) is 7. The fourth-order valence-electron chi connectivity index (χ4n) is 2.65. The summed E-state index contributed by atoms with van der Waals surface area (Å²) in [7, 11) is 1.62. The fourth-order valence-corrected chi connectivity index (χ4v) is 2.65. The van der Waals surface area contributed by atoms with Gasteiger partial charge in [0.05, 0.1) is 17.3 Å². The van der Waals surface area contributed by atoms with Crippen LogP contribution in [-0.2, 0) is 7.05 Å². The second kappa shape index (κ2) is 6.71. The number of nitrogens with one attached hydrogen (secondary N) is 1. The Bertz CT molecular complexity index is 1190. The van der Waals surface area contributed by atoms with Gasteiger partial charge in [0, 0.05) is 25.6 Å². The van der Waals surface area contributed by atoms with Crippen LogP contribution in [0.1, 0.15) is 10.5 Å². The first-order valence-corrected chi connectivity index (χ1v) is 7.98. The van der Waals surface area contributed by atoms with E-state index in [2.05, 4.69) is 30.2 Å². The van der Waals surface area contributed by atoms with Crippen molar-refractivity contribution in [2.24, 2.45) is 7.05 Å². The SMILES string of the molecule is Cn1c(-c2ccncn2)nc2c(NC(=O)c3cnccn3)cccc2c1=O. The zero-order valence-electron chi connectivity index (χ0n) is 14.2. The molecule has 0 fully saturated rings. The maximum absolute atomic E-state index is 12.8. The molecule has 1 N–H and O–H groups in total. The normalized spacial score (nSPS) is 10.7. The van der Waals surface area contributed by atoms with E-state index in [0.29, 0.717) is 28.1 Å². The highest BCUT2D eigenvalue weighted by Crippen LogP contribution is 2.22. The molecule has 3 aromatic heterocycles. The number of fused-ring (bicyclic) bond motifs is 1. The summed E-state index contributed by atoms with van der Waals surface area (Å²) >= 11 is 0. The maximum atomic E-state index is 12.8. The molecule has 0 unspecified atom stereocenters. The summed E-state index contributed by atoms with van der Waals surface area (Å²) in [6, 6.07) is 6.68. The Morgan fingerprint density at radius 1 is 1.07 bits per heavy atom. The first kappa shape index (κ1) is 16.5. The number of para-hydroxylation sites is 1. The van der Waals surface area contributed by atoms with Crippen LogP contribution in [0.2, 0.25) is 0 Å². The summed E-state index contributed by atoms with van der Waals surface area (Å²) < 4.78 is 1.42. The average molecular weight is 359 g/mol. The molecule has 4 rings (SSSR count). The standard InChI is InChI=1S/C18H13N7O2/c1-25-16(13-5-6-20-10-22-13)24-15-11(18(25)27)3-2-4-12(15)23-17(26)14-9-19-7-8-21-14/h2-10H,1H3,(H,23,26). The minimum absolute atomic E-state index is 0.161. The van der Waals surface area contributed by atoms with Crippen LogP contribution in [0.5, 0.6) is 0 Å². The molecular formula is C18H13N7O2. The second-order valence-corrected chi connectivity index (χ2v) is 5.64. The first-order valence-electron chi connectivity index (χ1n) is 7.98. The molecule has 0 spiro atoms. The van der Waals surface area contributed by atoms with Crippen molar-refractivity contribution in [3.05, 3.63) is 71.4 Å². The summed E-state index contributed by atoms with van der Waals surface area (Å²) in [4.78, 5) is 45.7. The van der Waals surface area contributed by atoms with Crippen LogP contribution < -0.4 is 10.9 Å². The lowest BCUT2D eigenvalue weighted by Gasteiger charge is -2.11. The Morgan fingerprint density at radius 2 is 1.96 bits per heavy atom. The molecule has 3 heterocycles. The van der Waals surface area contributed by atoms with E-state index in [-0.39, 0.29) is 11.3 Å². The smallest absolute Gasteiger partial charge is 0.275 e. The molecule has 9 nitrogen and oxygen atoms in total. The van der Waals surface area contributed by atoms with Crippen LogP contribution >= 0.6 is 0 Å². The van der Waals surface area contributed by atoms with Crippen LogP contribution in [0, 0.1) is 0 Å². The highest BCUT2D eigenvalue weighted by atomic mass is 16.2. The van der Waals surface area contributed by atoms with Crippen molar-refractivity contribution in [2.75, 3.05) is 5.32 Å². The van der Waals surface area contributed by atoms with Crippen molar-refractivity contribution >= 4 is 22.5 Å². The van der Waals surface area contributed by atoms with Crippen molar-refractivity contribution < 1.29 is 4.79 Å². The third-order valence-electron chi connectivity index (χ3n) is 3.96. The molecule has 0 saturated heterocycles. The van der Waals surface area contributed by atoms with Crippen LogP contribution in [-0.4, -0.2) is 35.4 Å². The van der Waals surface area contributed by atoms with Gasteiger partial charge in [-0.15, -0.1) is 0 Å². The predicted molar refractivity (Wildman–Crippen MR) is 98.0 cm³/mol. The Hall–Kier alpha value is -4.01. The quantitative estimate of drug-likeness (QED) is 0.588. The molecule has 9 heteroatoms. The van der Waals surface area contributed by atoms with Crippen molar-refractivity contribution in [3.63, 3.8) is 0 Å². The minimum Gasteiger partial charge on any atom is -0.319 e. The number of anilines is 1. The largest absolute Gasteiger partial charge is 0.319 e. The summed E-state index contributed by atoms with van der Waals surface area (Å²) in [6.45, 7) is 0. The van der Waals surface area contributed by atoms with Gasteiger partial charge >= 0.3 is 0 Å². The van der Waals surface area contributed by atoms with Crippen LogP contribution in [0.3, 0.4) is 0 Å². The molecule has 0 bridgehead atoms. The number of carbonyl (C=O) groups excluding carboxylic acids is 1. The third-order valence-corrected chi connectivity index (χ3v) is 3.96. The molecule has 1 aromatic carbocycles. The Kier molecular flexibility index (Phi) is 4.09. The number of aromatic nitrogens is 6. The van der Waals surface area contributed by atoms with E-state index >= 15 is 0 Å². The summed E-state index contributed by atoms with van der Waals surface area (Å²) in [5.74, 6) is -0.0715. The maximum Gasteiger partial charge on any atom is 0.275 e. The lowest BCUT2D eigenvalue weighted by Crippen LogP contribution is -2.22. The monoisotopic (exact) mass is 359 g/mol. The molecule has 0 aliphatic carbocycles. The number of benzene rings is 1. The highest BCUT2D eigenvalue weighted by Gasteiger charge is 2.15. The van der Waals surface area contributed by atoms with Crippen LogP contribution in [0.4, 0.5) is 5.69 Å². The van der Waals surface area contributed by atoms with Crippen LogP contribution in [0.25, 0.3) is 22.4 Å². The van der Waals surface area contributed by atoms with Gasteiger partial charge in [-0.3, -0.25) is 19.1 Å². The van der Waals surface area contributed by atoms with Gasteiger partial charge in [-0.25, -0.2) is 19.9 Å². The molecule has 132 valence electrons. The number of hydrogen-bond donors (Lipinski definition) is 1. The van der Waals surface area contributed by atoms with Gasteiger partial charge in [-0.05, 0) is 18.2 Å². The first-order chi connectivity index (χ1) is 13.1. The summed E-state index contributed by atoms with van der Waals surface area (Å²) in [5, 5.41) is 3.12. The van der Waals surface area contributed by atoms with E-state index in [1.54, 1.807) is 37.5 Å². The van der Waals surface area contributed by atoms with Gasteiger partial charge in [0.2, 0.25) is 0 Å². The topological polar surface area (TPSA) is 116 Å². The van der Waals surface area contributed by atoms with E-state index < -0.39 is 5.91 Å². The molecule has 0 aliphatic rings. The Balaban J connectivity index is 1.86. The van der Waals surface area contributed by atoms with Crippen molar-refractivity contribution in [1.82, 2.24) is 29.5 Å². The molecule has 27 heavy (non-hydrogen) atoms. The molecule has 0 radical (unpaired) electrons. The number of carbonyl (C=O) groups is 1. The van der Waals surface area contributed by atoms with Gasteiger partial charge in [0.25, 0.3) is 11.5 Å². The Labute approximate surface area is 152 Å². The third kappa shape index (κ3) is 3.01. The number of nitrogens with zero attached hydrogens (tertiary/aromatic N) is 6. The predicted octanol–water partition coefficient (Wildman–Crippen LogP) is 1.43. The molecule has 4 aromatic rings. The summed E-state index contributed by atoms with van der Waals surface area (Å²) in [6.07, 6.45) is 7.22. The van der Waals surface area contributed by atoms with E-state index in [1.807, 2.05) is 0 Å². The van der Waals surface area contributed by atoms with Gasteiger partial charge in [0.15, 0.2) is 5.82 Å². The highest BCUT2D eigenvalue weighted by molar-refractivity contribution is 6.07. The van der Waals surface area contributed by atoms with E-state index in [0.717, 1.165) is 0 Å². The minimum atomic E-state index is -0.443. The van der Waals surface area contributed by atoms with Crippen molar-refractivity contribution in [3.8, 4) is 11.5 Å². The average Bonchev–Trinajstić information content (AvgIpc) is 2.72. The lowest BCUT2D eigenvalue weighted by molar-refractivity contribution is 0.102. The van der Waals surface area contributed by atoms with E-state index in [9.17, 15) is 9.59 Å². The van der Waals surface area contributed by atoms with Gasteiger partial charge in [-0.2, -0.15) is 0 Å². The Morgan fingerprint density at radius 3 is 2.70 bits per heavy atom. The molecule has 0 aliphatic heterocycles. The number of rotatable bonds is 3. The molecular weight excluding hydrogens is 346 g/mol. The lowest BCUT2D eigenvalue weighted by atomic mass is 10.2. The van der Waals surface area contributed by atoms with E-state index in [4.69, 9.17) is 0 Å². The van der Waals surface area contributed by atoms with E-state index in [1.165, 1.54) is 29.5 Å². The molecule has 1 amide bonds. The fraction of sp³-hybridized carbons (Fsp3) is 0.0556. The molecule has 0 atom stereocenters. The van der Waals surface area contributed by atoms with Gasteiger partial charge in [0.1, 0.15) is 23.2 Å². The summed E-state index contributed by atoms with van der Waals surface area (Å²) in [5.41, 5.74) is 1.18. The van der Waals surface area contributed by atoms with Gasteiger partial charge in [-0.1, -0.05) is 6.07 Å². The van der Waals surface area contributed by atoms with Crippen molar-refractivity contribution in [2.45, 2.75) is 0 Å². The van der Waals surface area contributed by atoms with Crippen LogP contribution in [0.15, 0.2) is 60.2 Å². The van der Waals surface area contributed by atoms with Gasteiger partial charge < -0.3 is 5.32 Å². The zero-order valence-corrected chi connectivity index (χ0v) is 14.2.